The van der Waals surface area contributed by atoms with Crippen LogP contribution in [0.5, 0.6) is 0 Å². The lowest BCUT2D eigenvalue weighted by atomic mass is 10.0. The third-order valence-electron chi connectivity index (χ3n) is 5.11. The topological polar surface area (TPSA) is 78.1 Å². The zero-order valence-electron chi connectivity index (χ0n) is 14.1. The van der Waals surface area contributed by atoms with Crippen molar-refractivity contribution in [2.75, 3.05) is 18.0 Å². The van der Waals surface area contributed by atoms with Crippen LogP contribution in [0.15, 0.2) is 35.4 Å². The van der Waals surface area contributed by atoms with Crippen molar-refractivity contribution in [3.8, 4) is 0 Å². The van der Waals surface area contributed by atoms with Gasteiger partial charge < -0.3 is 15.2 Å². The number of benzene rings is 1. The van der Waals surface area contributed by atoms with Crippen LogP contribution in [0.4, 0.5) is 5.82 Å². The number of hydrogen-bond donors (Lipinski definition) is 2. The van der Waals surface area contributed by atoms with Crippen LogP contribution in [0.25, 0.3) is 0 Å². The van der Waals surface area contributed by atoms with Crippen molar-refractivity contribution in [1.82, 2.24) is 15.3 Å². The third kappa shape index (κ3) is 3.29. The SMILES string of the molecule is O=C(N[C@H]1CCCN(c2ncc[nH]c2=O)C1)c1ccc2c(c1)CCC2. The highest BCUT2D eigenvalue weighted by molar-refractivity contribution is 5.94. The molecule has 1 aliphatic heterocycles. The average Bonchev–Trinajstić information content (AvgIpc) is 3.10. The van der Waals surface area contributed by atoms with Crippen molar-refractivity contribution in [2.24, 2.45) is 0 Å². The quantitative estimate of drug-likeness (QED) is 0.892. The van der Waals surface area contributed by atoms with E-state index in [1.807, 2.05) is 17.0 Å². The number of aromatic nitrogens is 2. The molecule has 1 amide bonds. The Morgan fingerprint density at radius 1 is 1.24 bits per heavy atom. The van der Waals surface area contributed by atoms with Gasteiger partial charge >= 0.3 is 0 Å². The van der Waals surface area contributed by atoms with E-state index in [4.69, 9.17) is 0 Å². The average molecular weight is 338 g/mol. The van der Waals surface area contributed by atoms with E-state index in [-0.39, 0.29) is 17.5 Å². The molecule has 0 radical (unpaired) electrons. The normalized spacial score (nSPS) is 19.5. The van der Waals surface area contributed by atoms with Crippen LogP contribution >= 0.6 is 0 Å². The van der Waals surface area contributed by atoms with Gasteiger partial charge in [-0.3, -0.25) is 9.59 Å². The standard InChI is InChI=1S/C19H22N4O2/c24-18(15-7-6-13-3-1-4-14(13)11-15)22-16-5-2-10-23(12-16)17-19(25)21-9-8-20-17/h6-9,11,16H,1-5,10,12H2,(H,21,25)(H,22,24)/t16-/m0/s1. The van der Waals surface area contributed by atoms with Crippen molar-refractivity contribution in [1.29, 1.82) is 0 Å². The first-order chi connectivity index (χ1) is 12.2. The zero-order chi connectivity index (χ0) is 17.2. The molecule has 2 aliphatic rings. The Morgan fingerprint density at radius 3 is 3.00 bits per heavy atom. The summed E-state index contributed by atoms with van der Waals surface area (Å²) >= 11 is 0. The van der Waals surface area contributed by atoms with Crippen LogP contribution in [0.2, 0.25) is 0 Å². The molecule has 0 saturated carbocycles. The maximum Gasteiger partial charge on any atom is 0.290 e. The van der Waals surface area contributed by atoms with Gasteiger partial charge in [0.25, 0.3) is 11.5 Å². The molecule has 25 heavy (non-hydrogen) atoms. The first-order valence-corrected chi connectivity index (χ1v) is 8.92. The summed E-state index contributed by atoms with van der Waals surface area (Å²) in [5.74, 6) is 0.399. The lowest BCUT2D eigenvalue weighted by Crippen LogP contribution is -2.49. The zero-order valence-corrected chi connectivity index (χ0v) is 14.1. The summed E-state index contributed by atoms with van der Waals surface area (Å²) in [7, 11) is 0. The summed E-state index contributed by atoms with van der Waals surface area (Å²) in [6, 6.07) is 6.05. The minimum atomic E-state index is -0.187. The van der Waals surface area contributed by atoms with E-state index in [0.717, 1.165) is 37.8 Å². The van der Waals surface area contributed by atoms with E-state index in [9.17, 15) is 9.59 Å². The summed E-state index contributed by atoms with van der Waals surface area (Å²) in [4.78, 5) is 33.3. The number of aromatic amines is 1. The number of H-pyrrole nitrogens is 1. The third-order valence-corrected chi connectivity index (χ3v) is 5.11. The molecule has 6 heteroatoms. The Kier molecular flexibility index (Phi) is 4.26. The molecule has 6 nitrogen and oxygen atoms in total. The van der Waals surface area contributed by atoms with Crippen molar-refractivity contribution < 1.29 is 4.79 Å². The molecule has 1 aromatic heterocycles. The Bertz CT molecular complexity index is 845. The van der Waals surface area contributed by atoms with E-state index < -0.39 is 0 Å². The molecule has 1 atom stereocenters. The maximum atomic E-state index is 12.6. The number of carbonyl (C=O) groups is 1. The predicted molar refractivity (Wildman–Crippen MR) is 96.0 cm³/mol. The van der Waals surface area contributed by atoms with Crippen molar-refractivity contribution in [3.63, 3.8) is 0 Å². The fourth-order valence-electron chi connectivity index (χ4n) is 3.84. The van der Waals surface area contributed by atoms with E-state index in [2.05, 4.69) is 21.4 Å². The summed E-state index contributed by atoms with van der Waals surface area (Å²) in [5.41, 5.74) is 3.22. The fraction of sp³-hybridized carbons (Fsp3) is 0.421. The fourth-order valence-corrected chi connectivity index (χ4v) is 3.84. The Morgan fingerprint density at radius 2 is 2.12 bits per heavy atom. The molecule has 0 unspecified atom stereocenters. The molecule has 1 aromatic carbocycles. The molecular weight excluding hydrogens is 316 g/mol. The van der Waals surface area contributed by atoms with Gasteiger partial charge in [0, 0.05) is 37.1 Å². The molecule has 1 saturated heterocycles. The van der Waals surface area contributed by atoms with Gasteiger partial charge in [0.2, 0.25) is 0 Å². The maximum absolute atomic E-state index is 12.6. The highest BCUT2D eigenvalue weighted by Gasteiger charge is 2.24. The Balaban J connectivity index is 1.44. The molecule has 130 valence electrons. The van der Waals surface area contributed by atoms with E-state index >= 15 is 0 Å². The minimum absolute atomic E-state index is 0.0240. The van der Waals surface area contributed by atoms with Crippen molar-refractivity contribution in [2.45, 2.75) is 38.1 Å². The molecule has 2 heterocycles. The van der Waals surface area contributed by atoms with Crippen LogP contribution in [-0.4, -0.2) is 35.0 Å². The van der Waals surface area contributed by atoms with E-state index in [0.29, 0.717) is 12.4 Å². The van der Waals surface area contributed by atoms with Gasteiger partial charge in [0.05, 0.1) is 0 Å². The second-order valence-electron chi connectivity index (χ2n) is 6.84. The number of aryl methyl sites for hydroxylation is 2. The van der Waals surface area contributed by atoms with Gasteiger partial charge in [-0.1, -0.05) is 6.07 Å². The van der Waals surface area contributed by atoms with Crippen LogP contribution in [0, 0.1) is 0 Å². The second-order valence-corrected chi connectivity index (χ2v) is 6.84. The van der Waals surface area contributed by atoms with Crippen LogP contribution in [0.1, 0.15) is 40.7 Å². The number of anilines is 1. The highest BCUT2D eigenvalue weighted by Crippen LogP contribution is 2.23. The molecule has 2 aromatic rings. The van der Waals surface area contributed by atoms with Crippen molar-refractivity contribution >= 4 is 11.7 Å². The number of rotatable bonds is 3. The first-order valence-electron chi connectivity index (χ1n) is 8.92. The number of carbonyl (C=O) groups excluding carboxylic acids is 1. The predicted octanol–water partition coefficient (Wildman–Crippen LogP) is 1.66. The summed E-state index contributed by atoms with van der Waals surface area (Å²) in [5, 5.41) is 3.12. The largest absolute Gasteiger partial charge is 0.350 e. The lowest BCUT2D eigenvalue weighted by Gasteiger charge is -2.33. The number of nitrogens with zero attached hydrogens (tertiary/aromatic N) is 2. The number of amides is 1. The second kappa shape index (κ2) is 6.70. The van der Waals surface area contributed by atoms with Gasteiger partial charge in [-0.15, -0.1) is 0 Å². The molecule has 1 fully saturated rings. The lowest BCUT2D eigenvalue weighted by molar-refractivity contribution is 0.0933. The first kappa shape index (κ1) is 15.9. The van der Waals surface area contributed by atoms with Gasteiger partial charge in [-0.25, -0.2) is 4.98 Å². The van der Waals surface area contributed by atoms with Crippen LogP contribution in [-0.2, 0) is 12.8 Å². The smallest absolute Gasteiger partial charge is 0.290 e. The minimum Gasteiger partial charge on any atom is -0.350 e. The molecule has 1 aliphatic carbocycles. The Labute approximate surface area is 146 Å². The molecule has 4 rings (SSSR count). The van der Waals surface area contributed by atoms with E-state index in [1.165, 1.54) is 23.7 Å². The van der Waals surface area contributed by atoms with Crippen molar-refractivity contribution in [3.05, 3.63) is 57.6 Å². The van der Waals surface area contributed by atoms with Gasteiger partial charge in [-0.05, 0) is 55.4 Å². The van der Waals surface area contributed by atoms with Gasteiger partial charge in [-0.2, -0.15) is 0 Å². The summed E-state index contributed by atoms with van der Waals surface area (Å²) in [6.45, 7) is 1.39. The summed E-state index contributed by atoms with van der Waals surface area (Å²) < 4.78 is 0. The summed E-state index contributed by atoms with van der Waals surface area (Å²) in [6.07, 6.45) is 8.32. The number of nitrogens with one attached hydrogen (secondary N) is 2. The molecule has 2 N–H and O–H groups in total. The Hall–Kier alpha value is -2.63. The molecule has 0 spiro atoms. The molecular formula is C19H22N4O2. The molecule has 0 bridgehead atoms. The number of piperidine rings is 1. The van der Waals surface area contributed by atoms with Crippen LogP contribution < -0.4 is 15.8 Å². The van der Waals surface area contributed by atoms with Gasteiger partial charge in [0.1, 0.15) is 0 Å². The van der Waals surface area contributed by atoms with E-state index in [1.54, 1.807) is 6.20 Å². The number of fused-ring (bicyclic) bond motifs is 1. The monoisotopic (exact) mass is 338 g/mol. The number of hydrogen-bond acceptors (Lipinski definition) is 4. The van der Waals surface area contributed by atoms with Crippen LogP contribution in [0.3, 0.4) is 0 Å². The van der Waals surface area contributed by atoms with Gasteiger partial charge in [0.15, 0.2) is 5.82 Å². The highest BCUT2D eigenvalue weighted by atomic mass is 16.1.